The number of carbonyl (C=O) groups is 2. The summed E-state index contributed by atoms with van der Waals surface area (Å²) < 4.78 is 0. The second-order valence-corrected chi connectivity index (χ2v) is 8.82. The van der Waals surface area contributed by atoms with Gasteiger partial charge in [-0.3, -0.25) is 9.78 Å². The van der Waals surface area contributed by atoms with Gasteiger partial charge in [-0.25, -0.2) is 9.78 Å². The summed E-state index contributed by atoms with van der Waals surface area (Å²) in [5, 5.41) is 12.5. The van der Waals surface area contributed by atoms with E-state index in [2.05, 4.69) is 33.5 Å². The van der Waals surface area contributed by atoms with Crippen LogP contribution in [0.3, 0.4) is 0 Å². The van der Waals surface area contributed by atoms with E-state index in [0.717, 1.165) is 44.7 Å². The van der Waals surface area contributed by atoms with Gasteiger partial charge in [0, 0.05) is 30.8 Å². The van der Waals surface area contributed by atoms with Crippen LogP contribution >= 0.6 is 0 Å². The molecule has 0 spiro atoms. The molecule has 0 bridgehead atoms. The molecule has 8 heteroatoms. The molecule has 2 aromatic heterocycles. The van der Waals surface area contributed by atoms with E-state index in [1.54, 1.807) is 12.4 Å². The molecule has 1 aliphatic heterocycles. The van der Waals surface area contributed by atoms with Crippen molar-refractivity contribution in [3.8, 4) is 22.5 Å². The number of carboxylic acid groups (broad SMARTS) is 1. The Morgan fingerprint density at radius 2 is 1.76 bits per heavy atom. The number of nitrogens with one attached hydrogen (secondary N) is 2. The molecule has 0 radical (unpaired) electrons. The Bertz CT molecular complexity index is 1390. The van der Waals surface area contributed by atoms with Gasteiger partial charge in [0.05, 0.1) is 23.3 Å². The number of carbonyl (C=O) groups excluding carboxylic acids is 1. The number of H-pyrrole nitrogens is 1. The van der Waals surface area contributed by atoms with E-state index in [4.69, 9.17) is 4.98 Å². The molecule has 1 unspecified atom stereocenters. The van der Waals surface area contributed by atoms with Gasteiger partial charge >= 0.3 is 6.09 Å². The molecule has 2 aromatic carbocycles. The van der Waals surface area contributed by atoms with E-state index in [1.165, 1.54) is 4.90 Å². The number of hydrogen-bond donors (Lipinski definition) is 3. The van der Waals surface area contributed by atoms with E-state index in [-0.39, 0.29) is 17.9 Å². The minimum Gasteiger partial charge on any atom is -0.465 e. The predicted molar refractivity (Wildman–Crippen MR) is 127 cm³/mol. The maximum Gasteiger partial charge on any atom is 0.407 e. The molecule has 2 amide bonds. The van der Waals surface area contributed by atoms with E-state index >= 15 is 0 Å². The van der Waals surface area contributed by atoms with Crippen LogP contribution in [0.5, 0.6) is 0 Å². The number of imidazole rings is 1. The lowest BCUT2D eigenvalue weighted by Crippen LogP contribution is -2.43. The van der Waals surface area contributed by atoms with Crippen molar-refractivity contribution < 1.29 is 14.7 Å². The molecule has 8 nitrogen and oxygen atoms in total. The van der Waals surface area contributed by atoms with E-state index < -0.39 is 6.09 Å². The van der Waals surface area contributed by atoms with Crippen LogP contribution in [0.15, 0.2) is 60.9 Å². The number of benzene rings is 2. The highest BCUT2D eigenvalue weighted by molar-refractivity contribution is 5.93. The molecule has 1 aliphatic carbocycles. The Labute approximate surface area is 195 Å². The number of hydrogen-bond acceptors (Lipinski definition) is 4. The van der Waals surface area contributed by atoms with Crippen LogP contribution in [0.25, 0.3) is 33.5 Å². The predicted octanol–water partition coefficient (Wildman–Crippen LogP) is 4.20. The van der Waals surface area contributed by atoms with Crippen LogP contribution < -0.4 is 5.32 Å². The third kappa shape index (κ3) is 3.30. The van der Waals surface area contributed by atoms with Crippen LogP contribution in [-0.4, -0.2) is 50.0 Å². The molecular weight excluding hydrogens is 430 g/mol. The molecule has 6 rings (SSSR count). The topological polar surface area (TPSA) is 111 Å². The fourth-order valence-electron chi connectivity index (χ4n) is 5.19. The zero-order valence-electron chi connectivity index (χ0n) is 18.4. The fourth-order valence-corrected chi connectivity index (χ4v) is 5.19. The van der Waals surface area contributed by atoms with Crippen molar-refractivity contribution in [2.75, 3.05) is 13.1 Å². The molecule has 3 heterocycles. The first-order valence-electron chi connectivity index (χ1n) is 11.4. The molecule has 1 fully saturated rings. The zero-order chi connectivity index (χ0) is 23.2. The van der Waals surface area contributed by atoms with Crippen molar-refractivity contribution in [3.63, 3.8) is 0 Å². The Morgan fingerprint density at radius 1 is 1.00 bits per heavy atom. The normalized spacial score (nSPS) is 17.4. The summed E-state index contributed by atoms with van der Waals surface area (Å²) in [4.78, 5) is 38.1. The zero-order valence-corrected chi connectivity index (χ0v) is 18.4. The van der Waals surface area contributed by atoms with Gasteiger partial charge in [-0.1, -0.05) is 42.5 Å². The largest absolute Gasteiger partial charge is 0.465 e. The molecule has 1 saturated heterocycles. The first-order chi connectivity index (χ1) is 16.6. The van der Waals surface area contributed by atoms with Crippen LogP contribution in [0.2, 0.25) is 0 Å². The van der Waals surface area contributed by atoms with Gasteiger partial charge < -0.3 is 20.3 Å². The number of fused-ring (bicyclic) bond motifs is 4. The van der Waals surface area contributed by atoms with Crippen LogP contribution in [-0.2, 0) is 4.79 Å². The van der Waals surface area contributed by atoms with Crippen LogP contribution in [0.4, 0.5) is 4.79 Å². The number of aromatic amines is 1. The van der Waals surface area contributed by atoms with Gasteiger partial charge in [0.2, 0.25) is 5.91 Å². The van der Waals surface area contributed by atoms with E-state index in [9.17, 15) is 14.7 Å². The summed E-state index contributed by atoms with van der Waals surface area (Å²) in [6.45, 7) is 0.770. The lowest BCUT2D eigenvalue weighted by Gasteiger charge is -2.30. The summed E-state index contributed by atoms with van der Waals surface area (Å²) in [5.41, 5.74) is 6.94. The molecule has 2 aliphatic rings. The van der Waals surface area contributed by atoms with Crippen LogP contribution in [0, 0.1) is 5.92 Å². The monoisotopic (exact) mass is 453 g/mol. The quantitative estimate of drug-likeness (QED) is 0.431. The summed E-state index contributed by atoms with van der Waals surface area (Å²) in [6.07, 6.45) is 3.64. The van der Waals surface area contributed by atoms with Crippen molar-refractivity contribution in [2.24, 2.45) is 5.92 Å². The number of likely N-dealkylation sites (tertiary alicyclic amines) is 1. The van der Waals surface area contributed by atoms with Crippen LogP contribution in [0.1, 0.15) is 30.0 Å². The molecule has 170 valence electrons. The molecule has 4 aromatic rings. The standard InChI is InChI=1S/C26H23N5O3/c32-25(15-9-12-31(13-10-15)26(33)34)30-23-17-5-2-1-4-16(17)22-18(23)6-3-7-19(22)24-28-20-8-11-27-14-21(20)29-24/h1-8,11,14-15,23H,9-10,12-13H2,(H,28,29)(H,30,32)(H,33,34). The minimum atomic E-state index is -0.925. The summed E-state index contributed by atoms with van der Waals surface area (Å²) in [7, 11) is 0. The van der Waals surface area contributed by atoms with Crippen molar-refractivity contribution in [1.29, 1.82) is 0 Å². The Hall–Kier alpha value is -4.20. The minimum absolute atomic E-state index is 0.0297. The number of rotatable bonds is 3. The second-order valence-electron chi connectivity index (χ2n) is 8.82. The smallest absolute Gasteiger partial charge is 0.407 e. The third-order valence-corrected chi connectivity index (χ3v) is 6.91. The van der Waals surface area contributed by atoms with Gasteiger partial charge in [0.25, 0.3) is 0 Å². The Kier molecular flexibility index (Phi) is 4.79. The number of nitrogens with zero attached hydrogens (tertiary/aromatic N) is 3. The highest BCUT2D eigenvalue weighted by Crippen LogP contribution is 2.47. The highest BCUT2D eigenvalue weighted by atomic mass is 16.4. The fraction of sp³-hybridized carbons (Fsp3) is 0.231. The first kappa shape index (κ1) is 20.4. The van der Waals surface area contributed by atoms with Gasteiger partial charge in [-0.15, -0.1) is 0 Å². The first-order valence-corrected chi connectivity index (χ1v) is 11.4. The third-order valence-electron chi connectivity index (χ3n) is 6.91. The average molecular weight is 454 g/mol. The highest BCUT2D eigenvalue weighted by Gasteiger charge is 2.34. The maximum atomic E-state index is 13.2. The van der Waals surface area contributed by atoms with Gasteiger partial charge in [-0.2, -0.15) is 0 Å². The van der Waals surface area contributed by atoms with Gasteiger partial charge in [0.1, 0.15) is 5.82 Å². The summed E-state index contributed by atoms with van der Waals surface area (Å²) in [5.74, 6) is 0.540. The molecule has 3 N–H and O–H groups in total. The average Bonchev–Trinajstić information content (AvgIpc) is 3.44. The Balaban J connectivity index is 1.35. The maximum absolute atomic E-state index is 13.2. The summed E-state index contributed by atoms with van der Waals surface area (Å²) >= 11 is 0. The number of aromatic nitrogens is 3. The number of piperidine rings is 1. The van der Waals surface area contributed by atoms with Crippen molar-refractivity contribution in [3.05, 3.63) is 72.1 Å². The molecule has 1 atom stereocenters. The molecular formula is C26H23N5O3. The van der Waals surface area contributed by atoms with Crippen molar-refractivity contribution >= 4 is 23.0 Å². The van der Waals surface area contributed by atoms with Gasteiger partial charge in [0.15, 0.2) is 0 Å². The van der Waals surface area contributed by atoms with E-state index in [0.29, 0.717) is 25.9 Å². The van der Waals surface area contributed by atoms with Gasteiger partial charge in [-0.05, 0) is 41.2 Å². The lowest BCUT2D eigenvalue weighted by molar-refractivity contribution is -0.126. The number of pyridine rings is 1. The summed E-state index contributed by atoms with van der Waals surface area (Å²) in [6, 6.07) is 15.9. The van der Waals surface area contributed by atoms with Crippen molar-refractivity contribution in [1.82, 2.24) is 25.2 Å². The van der Waals surface area contributed by atoms with E-state index in [1.807, 2.05) is 30.3 Å². The number of amides is 2. The second kappa shape index (κ2) is 7.98. The SMILES string of the molecule is O=C(NC1c2ccccc2-c2c(-c3nc4ccncc4[nH]3)cccc21)C1CCN(C(=O)O)CC1. The van der Waals surface area contributed by atoms with Crippen molar-refractivity contribution in [2.45, 2.75) is 18.9 Å². The Morgan fingerprint density at radius 3 is 2.56 bits per heavy atom. The lowest BCUT2D eigenvalue weighted by atomic mass is 9.94. The molecule has 0 saturated carbocycles. The molecule has 34 heavy (non-hydrogen) atoms.